The van der Waals surface area contributed by atoms with E-state index in [2.05, 4.69) is 50.4 Å². The standard InChI is InChI=1S/C19H29NO/c1-4-18(3)14-19(10-12-21-18)9-11-20-13-17(19)16-7-5-15(2)6-8-16/h5-8,17,20H,4,9-14H2,1-3H3. The van der Waals surface area contributed by atoms with Gasteiger partial charge in [0, 0.05) is 19.1 Å². The molecule has 0 aliphatic carbocycles. The summed E-state index contributed by atoms with van der Waals surface area (Å²) in [6.45, 7) is 9.93. The van der Waals surface area contributed by atoms with E-state index >= 15 is 0 Å². The Morgan fingerprint density at radius 3 is 2.71 bits per heavy atom. The van der Waals surface area contributed by atoms with E-state index in [0.717, 1.165) is 26.1 Å². The van der Waals surface area contributed by atoms with Crippen LogP contribution in [0.4, 0.5) is 0 Å². The number of benzene rings is 1. The van der Waals surface area contributed by atoms with Crippen molar-refractivity contribution >= 4 is 0 Å². The topological polar surface area (TPSA) is 21.3 Å². The fourth-order valence-corrected chi connectivity index (χ4v) is 4.37. The molecule has 116 valence electrons. The van der Waals surface area contributed by atoms with E-state index in [1.165, 1.54) is 30.4 Å². The summed E-state index contributed by atoms with van der Waals surface area (Å²) < 4.78 is 6.13. The van der Waals surface area contributed by atoms with Gasteiger partial charge in [0.2, 0.25) is 0 Å². The summed E-state index contributed by atoms with van der Waals surface area (Å²) in [5.74, 6) is 0.627. The first kappa shape index (κ1) is 15.1. The van der Waals surface area contributed by atoms with Crippen molar-refractivity contribution in [3.8, 4) is 0 Å². The molecule has 2 aliphatic heterocycles. The highest BCUT2D eigenvalue weighted by Gasteiger charge is 2.48. The van der Waals surface area contributed by atoms with Gasteiger partial charge in [0.1, 0.15) is 0 Å². The number of piperidine rings is 1. The third kappa shape index (κ3) is 2.89. The normalized spacial score (nSPS) is 36.8. The van der Waals surface area contributed by atoms with Crippen LogP contribution in [0, 0.1) is 12.3 Å². The van der Waals surface area contributed by atoms with Gasteiger partial charge in [-0.25, -0.2) is 0 Å². The quantitative estimate of drug-likeness (QED) is 0.886. The average molecular weight is 287 g/mol. The third-order valence-electron chi connectivity index (χ3n) is 5.89. The fourth-order valence-electron chi connectivity index (χ4n) is 4.37. The molecule has 3 unspecified atom stereocenters. The van der Waals surface area contributed by atoms with Gasteiger partial charge < -0.3 is 10.1 Å². The smallest absolute Gasteiger partial charge is 0.0657 e. The van der Waals surface area contributed by atoms with E-state index in [1.54, 1.807) is 0 Å². The van der Waals surface area contributed by atoms with Gasteiger partial charge in [-0.3, -0.25) is 0 Å². The molecule has 1 spiro atoms. The average Bonchev–Trinajstić information content (AvgIpc) is 2.49. The molecule has 3 atom stereocenters. The van der Waals surface area contributed by atoms with Gasteiger partial charge in [-0.05, 0) is 57.1 Å². The predicted octanol–water partition coefficient (Wildman–Crippen LogP) is 4.04. The molecule has 0 amide bonds. The minimum atomic E-state index is 0.0680. The number of hydrogen-bond acceptors (Lipinski definition) is 2. The van der Waals surface area contributed by atoms with Crippen LogP contribution in [-0.2, 0) is 4.74 Å². The molecule has 1 N–H and O–H groups in total. The van der Waals surface area contributed by atoms with Crippen LogP contribution in [0.15, 0.2) is 24.3 Å². The number of ether oxygens (including phenoxy) is 1. The summed E-state index contributed by atoms with van der Waals surface area (Å²) in [4.78, 5) is 0. The Morgan fingerprint density at radius 2 is 2.00 bits per heavy atom. The van der Waals surface area contributed by atoms with Gasteiger partial charge in [0.05, 0.1) is 5.60 Å². The van der Waals surface area contributed by atoms with Crippen molar-refractivity contribution in [1.82, 2.24) is 5.32 Å². The van der Waals surface area contributed by atoms with Crippen molar-refractivity contribution in [1.29, 1.82) is 0 Å². The van der Waals surface area contributed by atoms with E-state index in [-0.39, 0.29) is 5.60 Å². The Bertz CT molecular complexity index is 479. The van der Waals surface area contributed by atoms with Gasteiger partial charge in [-0.15, -0.1) is 0 Å². The van der Waals surface area contributed by atoms with E-state index in [0.29, 0.717) is 11.3 Å². The summed E-state index contributed by atoms with van der Waals surface area (Å²) in [6.07, 6.45) is 4.81. The molecule has 2 saturated heterocycles. The van der Waals surface area contributed by atoms with Gasteiger partial charge in [0.25, 0.3) is 0 Å². The molecule has 3 rings (SSSR count). The Hall–Kier alpha value is -0.860. The van der Waals surface area contributed by atoms with Crippen molar-refractivity contribution < 1.29 is 4.74 Å². The van der Waals surface area contributed by atoms with E-state index in [1.807, 2.05) is 0 Å². The highest BCUT2D eigenvalue weighted by molar-refractivity contribution is 5.28. The van der Waals surface area contributed by atoms with Crippen LogP contribution in [-0.4, -0.2) is 25.3 Å². The maximum atomic E-state index is 6.13. The Labute approximate surface area is 129 Å². The zero-order valence-corrected chi connectivity index (χ0v) is 13.7. The highest BCUT2D eigenvalue weighted by atomic mass is 16.5. The summed E-state index contributed by atoms with van der Waals surface area (Å²) in [7, 11) is 0. The largest absolute Gasteiger partial charge is 0.375 e. The van der Waals surface area contributed by atoms with E-state index in [9.17, 15) is 0 Å². The second kappa shape index (κ2) is 5.73. The molecule has 21 heavy (non-hydrogen) atoms. The monoisotopic (exact) mass is 287 g/mol. The lowest BCUT2D eigenvalue weighted by molar-refractivity contribution is -0.130. The van der Waals surface area contributed by atoms with Crippen LogP contribution in [0.3, 0.4) is 0 Å². The Balaban J connectivity index is 1.92. The summed E-state index contributed by atoms with van der Waals surface area (Å²) in [6, 6.07) is 9.20. The van der Waals surface area contributed by atoms with E-state index < -0.39 is 0 Å². The number of hydrogen-bond donors (Lipinski definition) is 1. The van der Waals surface area contributed by atoms with Crippen LogP contribution < -0.4 is 5.32 Å². The van der Waals surface area contributed by atoms with Crippen molar-refractivity contribution in [2.24, 2.45) is 5.41 Å². The van der Waals surface area contributed by atoms with Gasteiger partial charge in [0.15, 0.2) is 0 Å². The molecule has 1 aromatic rings. The Morgan fingerprint density at radius 1 is 1.24 bits per heavy atom. The lowest BCUT2D eigenvalue weighted by atomic mass is 9.60. The second-order valence-electron chi connectivity index (χ2n) is 7.36. The van der Waals surface area contributed by atoms with Crippen LogP contribution >= 0.6 is 0 Å². The minimum absolute atomic E-state index is 0.0680. The predicted molar refractivity (Wildman–Crippen MR) is 87.7 cm³/mol. The van der Waals surface area contributed by atoms with Gasteiger partial charge in [-0.1, -0.05) is 36.8 Å². The zero-order chi connectivity index (χ0) is 14.9. The van der Waals surface area contributed by atoms with Crippen molar-refractivity contribution in [3.63, 3.8) is 0 Å². The van der Waals surface area contributed by atoms with Crippen molar-refractivity contribution in [2.45, 2.75) is 58.0 Å². The van der Waals surface area contributed by atoms with E-state index in [4.69, 9.17) is 4.74 Å². The maximum absolute atomic E-state index is 6.13. The molecule has 1 aromatic carbocycles. The summed E-state index contributed by atoms with van der Waals surface area (Å²) >= 11 is 0. The number of aryl methyl sites for hydroxylation is 1. The molecular formula is C19H29NO. The third-order valence-corrected chi connectivity index (χ3v) is 5.89. The first-order valence-corrected chi connectivity index (χ1v) is 8.48. The summed E-state index contributed by atoms with van der Waals surface area (Å²) in [5, 5.41) is 3.62. The van der Waals surface area contributed by atoms with Crippen molar-refractivity contribution in [3.05, 3.63) is 35.4 Å². The molecule has 2 heteroatoms. The van der Waals surface area contributed by atoms with Crippen LogP contribution in [0.5, 0.6) is 0 Å². The molecular weight excluding hydrogens is 258 g/mol. The van der Waals surface area contributed by atoms with Crippen LogP contribution in [0.1, 0.15) is 56.6 Å². The molecule has 0 bridgehead atoms. The minimum Gasteiger partial charge on any atom is -0.375 e. The molecule has 2 heterocycles. The molecule has 0 saturated carbocycles. The SMILES string of the molecule is CCC1(C)CC2(CCNCC2c2ccc(C)cc2)CCO1. The number of nitrogens with one attached hydrogen (secondary N) is 1. The zero-order valence-electron chi connectivity index (χ0n) is 13.7. The lowest BCUT2D eigenvalue weighted by Gasteiger charge is -2.52. The molecule has 0 aromatic heterocycles. The number of rotatable bonds is 2. The Kier molecular flexibility index (Phi) is 4.11. The molecule has 2 nitrogen and oxygen atoms in total. The maximum Gasteiger partial charge on any atom is 0.0657 e. The van der Waals surface area contributed by atoms with Gasteiger partial charge >= 0.3 is 0 Å². The fraction of sp³-hybridized carbons (Fsp3) is 0.684. The second-order valence-corrected chi connectivity index (χ2v) is 7.36. The summed E-state index contributed by atoms with van der Waals surface area (Å²) in [5.41, 5.74) is 3.34. The first-order valence-electron chi connectivity index (χ1n) is 8.48. The lowest BCUT2D eigenvalue weighted by Crippen LogP contribution is -2.51. The van der Waals surface area contributed by atoms with Crippen molar-refractivity contribution in [2.75, 3.05) is 19.7 Å². The highest BCUT2D eigenvalue weighted by Crippen LogP contribution is 2.52. The molecule has 0 radical (unpaired) electrons. The van der Waals surface area contributed by atoms with Crippen LogP contribution in [0.2, 0.25) is 0 Å². The van der Waals surface area contributed by atoms with Crippen LogP contribution in [0.25, 0.3) is 0 Å². The molecule has 2 aliphatic rings. The van der Waals surface area contributed by atoms with Gasteiger partial charge in [-0.2, -0.15) is 0 Å². The molecule has 2 fully saturated rings. The first-order chi connectivity index (χ1) is 10.1.